The van der Waals surface area contributed by atoms with E-state index < -0.39 is 21.9 Å². The number of benzene rings is 1. The maximum atomic E-state index is 12.3. The molecule has 29 heavy (non-hydrogen) atoms. The van der Waals surface area contributed by atoms with Crippen molar-refractivity contribution in [1.29, 1.82) is 0 Å². The average Bonchev–Trinajstić information content (AvgIpc) is 3.27. The van der Waals surface area contributed by atoms with Crippen LogP contribution in [0.4, 0.5) is 0 Å². The van der Waals surface area contributed by atoms with Crippen LogP contribution in [0.15, 0.2) is 42.0 Å². The van der Waals surface area contributed by atoms with Crippen molar-refractivity contribution in [2.45, 2.75) is 50.6 Å². The number of hydrogen-bond donors (Lipinski definition) is 2. The number of nitrogens with one attached hydrogen (secondary N) is 2. The summed E-state index contributed by atoms with van der Waals surface area (Å²) < 4.78 is 29.6. The number of carbonyl (C=O) groups excluding carboxylic acids is 2. The van der Waals surface area contributed by atoms with Gasteiger partial charge in [-0.25, -0.2) is 8.42 Å². The van der Waals surface area contributed by atoms with Gasteiger partial charge < -0.3 is 15.4 Å². The highest BCUT2D eigenvalue weighted by Crippen LogP contribution is 2.21. The first kappa shape index (κ1) is 21.4. The fourth-order valence-electron chi connectivity index (χ4n) is 3.71. The Hall–Kier alpha value is -2.35. The number of rotatable bonds is 9. The van der Waals surface area contributed by atoms with Gasteiger partial charge in [0.1, 0.15) is 5.75 Å². The van der Waals surface area contributed by atoms with E-state index in [1.54, 1.807) is 0 Å². The van der Waals surface area contributed by atoms with Crippen LogP contribution in [0.3, 0.4) is 0 Å². The van der Waals surface area contributed by atoms with Crippen LogP contribution >= 0.6 is 0 Å². The lowest BCUT2D eigenvalue weighted by Gasteiger charge is -2.21. The van der Waals surface area contributed by atoms with Gasteiger partial charge in [0.05, 0.1) is 30.2 Å². The number of hydrogen-bond acceptors (Lipinski definition) is 5. The second-order valence-corrected chi connectivity index (χ2v) is 9.78. The zero-order valence-electron chi connectivity index (χ0n) is 16.4. The Morgan fingerprint density at radius 3 is 2.38 bits per heavy atom. The smallest absolute Gasteiger partial charge is 0.224 e. The lowest BCUT2D eigenvalue weighted by molar-refractivity contribution is -0.124. The molecular weight excluding hydrogens is 392 g/mol. The van der Waals surface area contributed by atoms with Crippen LogP contribution in [0.25, 0.3) is 0 Å². The molecule has 1 aromatic rings. The maximum absolute atomic E-state index is 12.3. The van der Waals surface area contributed by atoms with E-state index in [9.17, 15) is 18.0 Å². The van der Waals surface area contributed by atoms with Crippen LogP contribution in [-0.2, 0) is 19.4 Å². The maximum Gasteiger partial charge on any atom is 0.224 e. The van der Waals surface area contributed by atoms with Gasteiger partial charge in [0.15, 0.2) is 9.84 Å². The molecule has 1 aliphatic carbocycles. The molecule has 1 saturated heterocycles. The molecule has 0 unspecified atom stereocenters. The SMILES string of the molecule is O=C(CC1=CCCC1)N[C@H]1CS(=O)(=O)C[C@H]1NC(=O)CCCOc1ccccc1. The van der Waals surface area contributed by atoms with Crippen LogP contribution in [-0.4, -0.2) is 50.4 Å². The molecule has 0 bridgehead atoms. The number of para-hydroxylation sites is 1. The molecule has 3 rings (SSSR count). The number of amides is 2. The first-order valence-electron chi connectivity index (χ1n) is 10.1. The van der Waals surface area contributed by atoms with Crippen LogP contribution in [0.2, 0.25) is 0 Å². The summed E-state index contributed by atoms with van der Waals surface area (Å²) in [6.45, 7) is 0.398. The Morgan fingerprint density at radius 2 is 1.72 bits per heavy atom. The van der Waals surface area contributed by atoms with Crippen molar-refractivity contribution in [2.24, 2.45) is 0 Å². The Kier molecular flexibility index (Phi) is 7.30. The van der Waals surface area contributed by atoms with E-state index in [4.69, 9.17) is 4.74 Å². The third-order valence-electron chi connectivity index (χ3n) is 5.13. The Labute approximate surface area is 171 Å². The number of allylic oxidation sites excluding steroid dienone is 1. The Morgan fingerprint density at radius 1 is 1.03 bits per heavy atom. The minimum atomic E-state index is -3.29. The Bertz CT molecular complexity index is 851. The van der Waals surface area contributed by atoms with Gasteiger partial charge >= 0.3 is 0 Å². The third kappa shape index (κ3) is 6.88. The normalized spacial score (nSPS) is 22.7. The van der Waals surface area contributed by atoms with E-state index in [-0.39, 0.29) is 29.7 Å². The number of ether oxygens (including phenoxy) is 1. The van der Waals surface area contributed by atoms with Crippen molar-refractivity contribution >= 4 is 21.7 Å². The van der Waals surface area contributed by atoms with E-state index in [1.165, 1.54) is 0 Å². The van der Waals surface area contributed by atoms with Gasteiger partial charge in [-0.3, -0.25) is 9.59 Å². The fourth-order valence-corrected chi connectivity index (χ4v) is 5.57. The largest absolute Gasteiger partial charge is 0.494 e. The zero-order valence-corrected chi connectivity index (χ0v) is 17.2. The van der Waals surface area contributed by atoms with E-state index in [0.717, 1.165) is 30.6 Å². The second-order valence-electron chi connectivity index (χ2n) is 7.62. The molecule has 1 fully saturated rings. The minimum absolute atomic E-state index is 0.139. The zero-order chi connectivity index (χ0) is 20.7. The third-order valence-corrected chi connectivity index (χ3v) is 6.86. The molecule has 2 N–H and O–H groups in total. The monoisotopic (exact) mass is 420 g/mol. The van der Waals surface area contributed by atoms with Crippen LogP contribution in [0.1, 0.15) is 38.5 Å². The van der Waals surface area contributed by atoms with E-state index in [1.807, 2.05) is 30.3 Å². The summed E-state index contributed by atoms with van der Waals surface area (Å²) in [6, 6.07) is 8.16. The van der Waals surface area contributed by atoms with Gasteiger partial charge in [-0.1, -0.05) is 29.8 Å². The molecule has 158 valence electrons. The van der Waals surface area contributed by atoms with Crippen molar-refractivity contribution < 1.29 is 22.7 Å². The molecule has 2 atom stereocenters. The fraction of sp³-hybridized carbons (Fsp3) is 0.524. The predicted molar refractivity (Wildman–Crippen MR) is 110 cm³/mol. The Balaban J connectivity index is 1.44. The number of carbonyl (C=O) groups is 2. The molecule has 0 spiro atoms. The predicted octanol–water partition coefficient (Wildman–Crippen LogP) is 1.74. The van der Waals surface area contributed by atoms with Crippen LogP contribution in [0, 0.1) is 0 Å². The summed E-state index contributed by atoms with van der Waals surface area (Å²) in [7, 11) is -3.29. The summed E-state index contributed by atoms with van der Waals surface area (Å²) >= 11 is 0. The van der Waals surface area contributed by atoms with Crippen molar-refractivity contribution in [2.75, 3.05) is 18.1 Å². The van der Waals surface area contributed by atoms with Gasteiger partial charge in [0.2, 0.25) is 11.8 Å². The van der Waals surface area contributed by atoms with Crippen LogP contribution in [0.5, 0.6) is 5.75 Å². The molecule has 1 heterocycles. The molecule has 7 nitrogen and oxygen atoms in total. The molecule has 0 aromatic heterocycles. The quantitative estimate of drug-likeness (QED) is 0.468. The van der Waals surface area contributed by atoms with E-state index in [2.05, 4.69) is 16.7 Å². The summed E-state index contributed by atoms with van der Waals surface area (Å²) in [5, 5.41) is 5.59. The molecular formula is C21H28N2O5S. The topological polar surface area (TPSA) is 102 Å². The summed E-state index contributed by atoms with van der Waals surface area (Å²) in [5.74, 6) is 0.0412. The molecule has 8 heteroatoms. The first-order valence-corrected chi connectivity index (χ1v) is 11.9. The first-order chi connectivity index (χ1) is 13.9. The summed E-state index contributed by atoms with van der Waals surface area (Å²) in [5.41, 5.74) is 1.10. The molecule has 1 aromatic carbocycles. The van der Waals surface area contributed by atoms with Crippen LogP contribution < -0.4 is 15.4 Å². The van der Waals surface area contributed by atoms with Crippen molar-refractivity contribution in [3.05, 3.63) is 42.0 Å². The van der Waals surface area contributed by atoms with Crippen molar-refractivity contribution in [3.63, 3.8) is 0 Å². The summed E-state index contributed by atoms with van der Waals surface area (Å²) in [4.78, 5) is 24.5. The van der Waals surface area contributed by atoms with Gasteiger partial charge in [0, 0.05) is 12.8 Å². The number of sulfone groups is 1. The molecule has 2 aliphatic rings. The summed E-state index contributed by atoms with van der Waals surface area (Å²) in [6.07, 6.45) is 6.10. The van der Waals surface area contributed by atoms with Crippen molar-refractivity contribution in [1.82, 2.24) is 10.6 Å². The molecule has 0 radical (unpaired) electrons. The van der Waals surface area contributed by atoms with E-state index >= 15 is 0 Å². The molecule has 1 aliphatic heterocycles. The van der Waals surface area contributed by atoms with Gasteiger partial charge in [-0.2, -0.15) is 0 Å². The van der Waals surface area contributed by atoms with E-state index in [0.29, 0.717) is 19.4 Å². The molecule has 0 saturated carbocycles. The van der Waals surface area contributed by atoms with Gasteiger partial charge in [-0.05, 0) is 37.8 Å². The minimum Gasteiger partial charge on any atom is -0.494 e. The lowest BCUT2D eigenvalue weighted by atomic mass is 10.1. The van der Waals surface area contributed by atoms with Crippen molar-refractivity contribution in [3.8, 4) is 5.75 Å². The standard InChI is InChI=1S/C21H28N2O5S/c24-20(11-6-12-28-17-9-2-1-3-10-17)22-18-14-29(26,27)15-19(18)23-21(25)13-16-7-4-5-8-16/h1-3,7,9-10,18-19H,4-6,8,11-15H2,(H,22,24)(H,23,25)/t18-,19+/m1/s1. The second kappa shape index (κ2) is 9.91. The highest BCUT2D eigenvalue weighted by atomic mass is 32.2. The lowest BCUT2D eigenvalue weighted by Crippen LogP contribution is -2.51. The average molecular weight is 421 g/mol. The van der Waals surface area contributed by atoms with Gasteiger partial charge in [-0.15, -0.1) is 0 Å². The highest BCUT2D eigenvalue weighted by molar-refractivity contribution is 7.91. The van der Waals surface area contributed by atoms with Gasteiger partial charge in [0.25, 0.3) is 0 Å². The molecule has 2 amide bonds. The highest BCUT2D eigenvalue weighted by Gasteiger charge is 2.39.